The number of amides is 1. The monoisotopic (exact) mass is 719 g/mol. The fraction of sp³-hybridized carbons (Fsp3) is 0.439. The third-order valence-electron chi connectivity index (χ3n) is 9.41. The zero-order valence-corrected chi connectivity index (χ0v) is 31.4. The van der Waals surface area contributed by atoms with Crippen LogP contribution in [0, 0.1) is 17.3 Å². The predicted octanol–water partition coefficient (Wildman–Crippen LogP) is 10.4. The second kappa shape index (κ2) is 18.4. The molecule has 1 heterocycles. The summed E-state index contributed by atoms with van der Waals surface area (Å²) in [4.78, 5) is 30.1. The van der Waals surface area contributed by atoms with Gasteiger partial charge in [-0.3, -0.25) is 4.79 Å². The Bertz CT molecular complexity index is 1630. The van der Waals surface area contributed by atoms with Gasteiger partial charge in [0.05, 0.1) is 16.8 Å². The standard InChI is InChI=1S/C35H45Cl2N3O4.C6H6/c1-6-7-18-40-21-31(28-17-14-26(36)20-29(28)37)38-32(40)30(19-23-8-15-27(16-9-23)44-22(2)34(42)43)39-33(41)24-10-12-25(13-11-24)35(3,4)5;1-2-4-6-5-3-1/h8-9,14-17,20-22,24-25,30H,6-7,10-13,18-19H2,1-5H3,(H,39,41)(H,42,43);1-6H/t22?,24?,25?,30-;/m0./s1. The minimum absolute atomic E-state index is 0.0337. The number of aromatic nitrogens is 2. The molecular formula is C41H51Cl2N3O4. The van der Waals surface area contributed by atoms with Crippen LogP contribution in [0.15, 0.2) is 85.1 Å². The number of aryl methyl sites for hydroxylation is 1. The minimum atomic E-state index is -1.02. The molecule has 0 radical (unpaired) electrons. The summed E-state index contributed by atoms with van der Waals surface area (Å²) in [6.45, 7) is 11.3. The van der Waals surface area contributed by atoms with Crippen molar-refractivity contribution in [2.24, 2.45) is 17.3 Å². The summed E-state index contributed by atoms with van der Waals surface area (Å²) in [5.74, 6) is 0.873. The van der Waals surface area contributed by atoms with Gasteiger partial charge >= 0.3 is 5.97 Å². The van der Waals surface area contributed by atoms with E-state index in [-0.39, 0.29) is 23.3 Å². The quantitative estimate of drug-likeness (QED) is 0.152. The Balaban J connectivity index is 0.000000845. The molecule has 50 heavy (non-hydrogen) atoms. The maximum atomic E-state index is 13.8. The van der Waals surface area contributed by atoms with Crippen molar-refractivity contribution >= 4 is 35.1 Å². The van der Waals surface area contributed by atoms with E-state index < -0.39 is 12.1 Å². The van der Waals surface area contributed by atoms with Gasteiger partial charge in [-0.05, 0) is 92.7 Å². The molecule has 0 saturated heterocycles. The highest BCUT2D eigenvalue weighted by Crippen LogP contribution is 2.40. The molecule has 1 aliphatic rings. The van der Waals surface area contributed by atoms with E-state index in [1.165, 1.54) is 6.92 Å². The lowest BCUT2D eigenvalue weighted by atomic mass is 9.69. The van der Waals surface area contributed by atoms with Gasteiger partial charge in [0.1, 0.15) is 11.6 Å². The molecule has 0 aliphatic heterocycles. The van der Waals surface area contributed by atoms with Crippen LogP contribution in [-0.2, 0) is 22.6 Å². The van der Waals surface area contributed by atoms with Crippen molar-refractivity contribution in [2.45, 2.75) is 98.3 Å². The summed E-state index contributed by atoms with van der Waals surface area (Å²) >= 11 is 12.8. The molecule has 4 aromatic rings. The molecule has 1 aliphatic carbocycles. The Morgan fingerprint density at radius 3 is 2.14 bits per heavy atom. The van der Waals surface area contributed by atoms with Crippen LogP contribution in [0.5, 0.6) is 5.75 Å². The number of halogens is 2. The molecule has 1 aromatic heterocycles. The van der Waals surface area contributed by atoms with Gasteiger partial charge < -0.3 is 19.7 Å². The summed E-state index contributed by atoms with van der Waals surface area (Å²) in [5.41, 5.74) is 2.73. The van der Waals surface area contributed by atoms with E-state index >= 15 is 0 Å². The van der Waals surface area contributed by atoms with Gasteiger partial charge in [-0.25, -0.2) is 9.78 Å². The number of imidazole rings is 1. The van der Waals surface area contributed by atoms with Crippen LogP contribution in [0.1, 0.15) is 90.6 Å². The molecule has 7 nitrogen and oxygen atoms in total. The number of nitrogens with one attached hydrogen (secondary N) is 1. The topological polar surface area (TPSA) is 93.5 Å². The first-order valence-electron chi connectivity index (χ1n) is 17.7. The Labute approximate surface area is 307 Å². The summed E-state index contributed by atoms with van der Waals surface area (Å²) in [6.07, 6.45) is 7.40. The number of hydrogen-bond acceptors (Lipinski definition) is 4. The zero-order chi connectivity index (χ0) is 36.3. The normalized spacial score (nSPS) is 17.2. The summed E-state index contributed by atoms with van der Waals surface area (Å²) in [6, 6.07) is 24.4. The van der Waals surface area contributed by atoms with Crippen molar-refractivity contribution in [3.63, 3.8) is 0 Å². The van der Waals surface area contributed by atoms with Crippen LogP contribution in [0.25, 0.3) is 11.3 Å². The van der Waals surface area contributed by atoms with E-state index in [4.69, 9.17) is 32.9 Å². The number of nitrogens with zero attached hydrogens (tertiary/aromatic N) is 2. The van der Waals surface area contributed by atoms with Gasteiger partial charge in [-0.1, -0.05) is 106 Å². The summed E-state index contributed by atoms with van der Waals surface area (Å²) < 4.78 is 7.66. The van der Waals surface area contributed by atoms with E-state index in [1.54, 1.807) is 24.3 Å². The molecule has 0 spiro atoms. The number of carboxylic acids is 1. The van der Waals surface area contributed by atoms with E-state index in [9.17, 15) is 14.7 Å². The number of benzene rings is 3. The number of unbranched alkanes of at least 4 members (excludes halogenated alkanes) is 1. The third-order valence-corrected chi connectivity index (χ3v) is 9.96. The number of ether oxygens (including phenoxy) is 1. The number of carboxylic acid groups (broad SMARTS) is 1. The number of hydrogen-bond donors (Lipinski definition) is 2. The SMILES string of the molecule is CCCCn1cc(-c2ccc(Cl)cc2Cl)nc1[C@H](Cc1ccc(OC(C)C(=O)O)cc1)NC(=O)C1CCC(C(C)(C)C)CC1.c1ccccc1. The number of rotatable bonds is 12. The second-order valence-electron chi connectivity index (χ2n) is 14.2. The molecule has 1 fully saturated rings. The summed E-state index contributed by atoms with van der Waals surface area (Å²) in [5, 5.41) is 13.7. The molecule has 1 amide bonds. The maximum absolute atomic E-state index is 13.8. The lowest BCUT2D eigenvalue weighted by Gasteiger charge is -2.36. The van der Waals surface area contributed by atoms with Crippen LogP contribution >= 0.6 is 23.2 Å². The Kier molecular flexibility index (Phi) is 14.4. The largest absolute Gasteiger partial charge is 0.479 e. The molecule has 1 saturated carbocycles. The van der Waals surface area contributed by atoms with Gasteiger partial charge in [-0.15, -0.1) is 0 Å². The Morgan fingerprint density at radius 2 is 1.60 bits per heavy atom. The van der Waals surface area contributed by atoms with Gasteiger partial charge in [0.15, 0.2) is 6.10 Å². The fourth-order valence-electron chi connectivity index (χ4n) is 6.34. The molecule has 2 N–H and O–H groups in total. The van der Waals surface area contributed by atoms with Gasteiger partial charge in [0, 0.05) is 29.2 Å². The molecule has 9 heteroatoms. The molecule has 0 bridgehead atoms. The predicted molar refractivity (Wildman–Crippen MR) is 203 cm³/mol. The number of aliphatic carboxylic acids is 1. The highest BCUT2D eigenvalue weighted by atomic mass is 35.5. The van der Waals surface area contributed by atoms with E-state index in [0.717, 1.165) is 67.7 Å². The van der Waals surface area contributed by atoms with Crippen molar-refractivity contribution in [3.8, 4) is 17.0 Å². The van der Waals surface area contributed by atoms with Crippen LogP contribution in [0.2, 0.25) is 10.0 Å². The molecule has 2 atom stereocenters. The Morgan fingerprint density at radius 1 is 0.980 bits per heavy atom. The number of carbonyl (C=O) groups excluding carboxylic acids is 1. The van der Waals surface area contributed by atoms with Crippen molar-refractivity contribution in [1.82, 2.24) is 14.9 Å². The van der Waals surface area contributed by atoms with Crippen molar-refractivity contribution < 1.29 is 19.4 Å². The smallest absolute Gasteiger partial charge is 0.344 e. The van der Waals surface area contributed by atoms with Crippen molar-refractivity contribution in [2.75, 3.05) is 0 Å². The Hall–Kier alpha value is -3.81. The van der Waals surface area contributed by atoms with E-state index in [1.807, 2.05) is 60.8 Å². The van der Waals surface area contributed by atoms with E-state index in [2.05, 4.69) is 37.6 Å². The molecule has 1 unspecified atom stereocenters. The lowest BCUT2D eigenvalue weighted by Crippen LogP contribution is -2.38. The third kappa shape index (κ3) is 11.4. The van der Waals surface area contributed by atoms with Gasteiger partial charge in [0.2, 0.25) is 5.91 Å². The average Bonchev–Trinajstić information content (AvgIpc) is 3.52. The highest BCUT2D eigenvalue weighted by Gasteiger charge is 2.34. The molecule has 268 valence electrons. The average molecular weight is 721 g/mol. The zero-order valence-electron chi connectivity index (χ0n) is 29.9. The molecule has 5 rings (SSSR count). The van der Waals surface area contributed by atoms with Gasteiger partial charge in [0.25, 0.3) is 0 Å². The van der Waals surface area contributed by atoms with Crippen LogP contribution in [0.3, 0.4) is 0 Å². The van der Waals surface area contributed by atoms with E-state index in [0.29, 0.717) is 28.1 Å². The summed E-state index contributed by atoms with van der Waals surface area (Å²) in [7, 11) is 0. The first kappa shape index (κ1) is 39.0. The minimum Gasteiger partial charge on any atom is -0.479 e. The second-order valence-corrected chi connectivity index (χ2v) is 15.1. The van der Waals surface area contributed by atoms with Crippen molar-refractivity contribution in [3.05, 3.63) is 106 Å². The van der Waals surface area contributed by atoms with Crippen LogP contribution < -0.4 is 10.1 Å². The van der Waals surface area contributed by atoms with Crippen molar-refractivity contribution in [1.29, 1.82) is 0 Å². The fourth-order valence-corrected chi connectivity index (χ4v) is 6.85. The maximum Gasteiger partial charge on any atom is 0.344 e. The first-order valence-corrected chi connectivity index (χ1v) is 18.4. The van der Waals surface area contributed by atoms with Crippen LogP contribution in [0.4, 0.5) is 0 Å². The molecular weight excluding hydrogens is 669 g/mol. The van der Waals surface area contributed by atoms with Crippen LogP contribution in [-0.4, -0.2) is 32.6 Å². The number of carbonyl (C=O) groups is 2. The van der Waals surface area contributed by atoms with Gasteiger partial charge in [-0.2, -0.15) is 0 Å². The highest BCUT2D eigenvalue weighted by molar-refractivity contribution is 6.36. The lowest BCUT2D eigenvalue weighted by molar-refractivity contribution is -0.144. The molecule has 3 aromatic carbocycles. The first-order chi connectivity index (χ1) is 23.8.